The van der Waals surface area contributed by atoms with Gasteiger partial charge in [-0.05, 0) is 40.0 Å². The zero-order valence-electron chi connectivity index (χ0n) is 34.3. The summed E-state index contributed by atoms with van der Waals surface area (Å²) in [6, 6.07) is 0. The summed E-state index contributed by atoms with van der Waals surface area (Å²) in [6.07, 6.45) is 14.5. The molecule has 0 amide bonds. The van der Waals surface area contributed by atoms with Gasteiger partial charge in [0.1, 0.15) is 19.8 Å². The molecule has 0 spiro atoms. The number of esters is 5. The highest BCUT2D eigenvalue weighted by atomic mass is 16.6. The van der Waals surface area contributed by atoms with Gasteiger partial charge in [0.05, 0.1) is 32.5 Å². The van der Waals surface area contributed by atoms with E-state index in [0.29, 0.717) is 35.9 Å². The van der Waals surface area contributed by atoms with E-state index in [-0.39, 0.29) is 45.0 Å². The Kier molecular flexibility index (Phi) is 49.4. The van der Waals surface area contributed by atoms with Crippen molar-refractivity contribution >= 4 is 29.8 Å². The minimum atomic E-state index is -0.603. The lowest BCUT2D eigenvalue weighted by molar-refractivity contribution is -0.141. The average Bonchev–Trinajstić information content (AvgIpc) is 3.13. The van der Waals surface area contributed by atoms with Gasteiger partial charge < -0.3 is 39.0 Å². The van der Waals surface area contributed by atoms with E-state index in [1.807, 2.05) is 13.8 Å². The average molecular weight is 773 g/mol. The number of ether oxygens (including phenoxy) is 5. The van der Waals surface area contributed by atoms with Crippen molar-refractivity contribution in [1.82, 2.24) is 0 Å². The van der Waals surface area contributed by atoms with Gasteiger partial charge in [-0.25, -0.2) is 24.0 Å². The Hall–Kier alpha value is -4.07. The Labute approximate surface area is 325 Å². The summed E-state index contributed by atoms with van der Waals surface area (Å²) in [7, 11) is 0. The summed E-state index contributed by atoms with van der Waals surface area (Å²) in [6.45, 7) is 30.2. The molecule has 1 unspecified atom stereocenters. The molecular weight excluding hydrogens is 700 g/mol. The maximum absolute atomic E-state index is 11.1. The number of hydrogen-bond donors (Lipinski definition) is 3. The topological polar surface area (TPSA) is 192 Å². The maximum atomic E-state index is 11.1. The zero-order chi connectivity index (χ0) is 42.7. The minimum absolute atomic E-state index is 0.0326. The molecule has 13 nitrogen and oxygen atoms in total. The van der Waals surface area contributed by atoms with Crippen LogP contribution in [0, 0.1) is 5.92 Å². The van der Waals surface area contributed by atoms with Crippen LogP contribution in [0.25, 0.3) is 0 Å². The smallest absolute Gasteiger partial charge is 0.333 e. The van der Waals surface area contributed by atoms with E-state index in [9.17, 15) is 24.0 Å². The fourth-order valence-electron chi connectivity index (χ4n) is 2.97. The Bertz CT molecular complexity index is 1050. The van der Waals surface area contributed by atoms with Crippen molar-refractivity contribution in [1.29, 1.82) is 0 Å². The molecule has 0 aliphatic rings. The molecule has 0 saturated heterocycles. The van der Waals surface area contributed by atoms with Crippen molar-refractivity contribution in [2.24, 2.45) is 5.92 Å². The monoisotopic (exact) mass is 772 g/mol. The fraction of sp³-hybridized carbons (Fsp3) is 0.634. The van der Waals surface area contributed by atoms with Crippen LogP contribution in [0.15, 0.2) is 61.8 Å². The molecule has 0 bridgehead atoms. The molecule has 0 aromatic heterocycles. The maximum Gasteiger partial charge on any atom is 0.333 e. The lowest BCUT2D eigenvalue weighted by Crippen LogP contribution is -2.13. The standard InChI is InChI=1S/C16H30O2.C8H14O2.2C6H10O3.C5H8O3/c1-4-5-6-7-8-9-10-11-12-13-14-18-16(17)15(2)3;1-6(2)5-10-8(9)7(3)4;1-5(2)6(8)9-4-3-7;1-3-6(8)9-4-5(2)7;1-2-5(7)8-4-3-6/h2,4-14H2,1,3H3;6H,3,5H2,1-2,4H3;7H,1,3-4H2,2H3;3,5,7H,1,4H2,2H3;2,6H,1,3-4H2. The summed E-state index contributed by atoms with van der Waals surface area (Å²) in [5, 5.41) is 24.9. The highest BCUT2D eigenvalue weighted by Crippen LogP contribution is 2.10. The van der Waals surface area contributed by atoms with Crippen molar-refractivity contribution in [2.75, 3.05) is 46.2 Å². The van der Waals surface area contributed by atoms with Gasteiger partial charge in [-0.1, -0.05) is 111 Å². The SMILES string of the molecule is C=C(C)C(=O)OCC(C)C.C=C(C)C(=O)OCCCCCCCCCCCC.C=C(C)C(=O)OCCO.C=CC(=O)OCC(C)O.C=CC(=O)OCCO. The van der Waals surface area contributed by atoms with Crippen LogP contribution < -0.4 is 0 Å². The second-order valence-electron chi connectivity index (χ2n) is 12.3. The molecule has 54 heavy (non-hydrogen) atoms. The van der Waals surface area contributed by atoms with Gasteiger partial charge in [0.25, 0.3) is 0 Å². The van der Waals surface area contributed by atoms with Crippen LogP contribution in [0.5, 0.6) is 0 Å². The number of carbonyl (C=O) groups excluding carboxylic acids is 5. The van der Waals surface area contributed by atoms with Crippen LogP contribution in [-0.4, -0.2) is 97.5 Å². The summed E-state index contributed by atoms with van der Waals surface area (Å²) in [4.78, 5) is 52.7. The van der Waals surface area contributed by atoms with Crippen LogP contribution in [-0.2, 0) is 47.7 Å². The zero-order valence-corrected chi connectivity index (χ0v) is 34.3. The third-order valence-corrected chi connectivity index (χ3v) is 5.78. The Morgan fingerprint density at radius 1 is 0.537 bits per heavy atom. The van der Waals surface area contributed by atoms with E-state index in [1.165, 1.54) is 64.7 Å². The lowest BCUT2D eigenvalue weighted by atomic mass is 10.1. The van der Waals surface area contributed by atoms with Crippen LogP contribution in [0.2, 0.25) is 0 Å². The number of aliphatic hydroxyl groups excluding tert-OH is 3. The van der Waals surface area contributed by atoms with Crippen molar-refractivity contribution in [3.63, 3.8) is 0 Å². The molecule has 0 fully saturated rings. The van der Waals surface area contributed by atoms with Gasteiger partial charge in [-0.15, -0.1) is 0 Å². The van der Waals surface area contributed by atoms with Gasteiger partial charge in [-0.3, -0.25) is 0 Å². The first-order valence-corrected chi connectivity index (χ1v) is 18.3. The number of carbonyl (C=O) groups is 5. The molecule has 0 heterocycles. The van der Waals surface area contributed by atoms with E-state index < -0.39 is 24.0 Å². The van der Waals surface area contributed by atoms with E-state index in [1.54, 1.807) is 20.8 Å². The van der Waals surface area contributed by atoms with Crippen molar-refractivity contribution in [3.05, 3.63) is 61.8 Å². The molecule has 0 aromatic rings. The predicted octanol–water partition coefficient (Wildman–Crippen LogP) is 6.69. The Morgan fingerprint density at radius 2 is 0.889 bits per heavy atom. The molecule has 13 heteroatoms. The molecule has 0 aliphatic carbocycles. The number of aliphatic hydroxyl groups is 3. The van der Waals surface area contributed by atoms with Crippen LogP contribution >= 0.6 is 0 Å². The number of rotatable bonds is 24. The van der Waals surface area contributed by atoms with Crippen LogP contribution in [0.1, 0.15) is 113 Å². The summed E-state index contributed by atoms with van der Waals surface area (Å²) in [5.41, 5.74) is 1.30. The van der Waals surface area contributed by atoms with E-state index in [2.05, 4.69) is 54.0 Å². The lowest BCUT2D eigenvalue weighted by Gasteiger charge is -2.05. The fourth-order valence-corrected chi connectivity index (χ4v) is 2.97. The van der Waals surface area contributed by atoms with Gasteiger partial charge in [0.15, 0.2) is 0 Å². The van der Waals surface area contributed by atoms with E-state index in [0.717, 1.165) is 18.6 Å². The first-order chi connectivity index (χ1) is 25.4. The molecule has 0 radical (unpaired) electrons. The Morgan fingerprint density at radius 3 is 1.24 bits per heavy atom. The molecule has 0 aromatic carbocycles. The molecule has 3 N–H and O–H groups in total. The molecule has 1 atom stereocenters. The summed E-state index contributed by atoms with van der Waals surface area (Å²) < 4.78 is 23.1. The molecule has 0 aliphatic heterocycles. The second-order valence-corrected chi connectivity index (χ2v) is 12.3. The summed E-state index contributed by atoms with van der Waals surface area (Å²) in [5.74, 6) is -1.62. The molecule has 314 valence electrons. The Balaban J connectivity index is -0.000000193. The van der Waals surface area contributed by atoms with Gasteiger partial charge in [-0.2, -0.15) is 0 Å². The molecular formula is C41H72O13. The second kappa shape index (κ2) is 45.1. The first kappa shape index (κ1) is 59.2. The third-order valence-electron chi connectivity index (χ3n) is 5.78. The van der Waals surface area contributed by atoms with E-state index in [4.69, 9.17) is 24.8 Å². The minimum Gasteiger partial charge on any atom is -0.462 e. The number of hydrogen-bond acceptors (Lipinski definition) is 13. The summed E-state index contributed by atoms with van der Waals surface area (Å²) >= 11 is 0. The van der Waals surface area contributed by atoms with Crippen LogP contribution in [0.4, 0.5) is 0 Å². The highest BCUT2D eigenvalue weighted by Gasteiger charge is 2.04. The predicted molar refractivity (Wildman–Crippen MR) is 212 cm³/mol. The normalized spacial score (nSPS) is 9.91. The van der Waals surface area contributed by atoms with Gasteiger partial charge in [0, 0.05) is 28.9 Å². The number of unbranched alkanes of at least 4 members (excludes halogenated alkanes) is 9. The largest absolute Gasteiger partial charge is 0.462 e. The van der Waals surface area contributed by atoms with E-state index >= 15 is 0 Å². The first-order valence-electron chi connectivity index (χ1n) is 18.3. The van der Waals surface area contributed by atoms with Crippen LogP contribution in [0.3, 0.4) is 0 Å². The molecule has 0 saturated carbocycles. The van der Waals surface area contributed by atoms with Gasteiger partial charge in [0.2, 0.25) is 0 Å². The highest BCUT2D eigenvalue weighted by molar-refractivity contribution is 5.87. The van der Waals surface area contributed by atoms with Crippen molar-refractivity contribution in [3.8, 4) is 0 Å². The molecule has 0 rings (SSSR count). The quantitative estimate of drug-likeness (QED) is 0.0407. The van der Waals surface area contributed by atoms with Crippen molar-refractivity contribution < 1.29 is 63.0 Å². The van der Waals surface area contributed by atoms with Crippen molar-refractivity contribution in [2.45, 2.75) is 119 Å². The third kappa shape index (κ3) is 57.3. The van der Waals surface area contributed by atoms with Gasteiger partial charge >= 0.3 is 29.8 Å².